The SMILES string of the molecule is COCCOCCOCCOCCOCCOP(=O)(OC)OCCN(C)C. The first-order chi connectivity index (χ1) is 13.0. The summed E-state index contributed by atoms with van der Waals surface area (Å²) in [5, 5.41) is 0. The quantitative estimate of drug-likeness (QED) is 0.199. The molecule has 1 unspecified atom stereocenters. The summed E-state index contributed by atoms with van der Waals surface area (Å²) < 4.78 is 53.4. The summed E-state index contributed by atoms with van der Waals surface area (Å²) >= 11 is 0. The van der Waals surface area contributed by atoms with Gasteiger partial charge >= 0.3 is 7.82 Å². The average Bonchev–Trinajstić information content (AvgIpc) is 2.64. The van der Waals surface area contributed by atoms with Crippen LogP contribution in [0.3, 0.4) is 0 Å². The minimum atomic E-state index is -3.51. The fraction of sp³-hybridized carbons (Fsp3) is 1.00. The van der Waals surface area contributed by atoms with E-state index in [0.29, 0.717) is 59.4 Å². The number of phosphoric acid groups is 1. The van der Waals surface area contributed by atoms with Crippen LogP contribution in [0.15, 0.2) is 0 Å². The highest BCUT2D eigenvalue weighted by Crippen LogP contribution is 2.48. The molecule has 27 heavy (non-hydrogen) atoms. The first kappa shape index (κ1) is 26.9. The van der Waals surface area contributed by atoms with Crippen molar-refractivity contribution >= 4 is 7.82 Å². The molecule has 0 radical (unpaired) electrons. The molecule has 0 spiro atoms. The average molecular weight is 417 g/mol. The van der Waals surface area contributed by atoms with Crippen molar-refractivity contribution in [1.82, 2.24) is 4.90 Å². The van der Waals surface area contributed by atoms with Gasteiger partial charge in [-0.05, 0) is 14.1 Å². The second-order valence-electron chi connectivity index (χ2n) is 5.54. The first-order valence-corrected chi connectivity index (χ1v) is 10.4. The van der Waals surface area contributed by atoms with E-state index in [0.717, 1.165) is 0 Å². The van der Waals surface area contributed by atoms with Crippen molar-refractivity contribution < 1.29 is 41.8 Å². The third kappa shape index (κ3) is 19.0. The fourth-order valence-corrected chi connectivity index (χ4v) is 2.48. The highest BCUT2D eigenvalue weighted by atomic mass is 31.2. The van der Waals surface area contributed by atoms with Crippen molar-refractivity contribution in [3.63, 3.8) is 0 Å². The Labute approximate surface area is 162 Å². The van der Waals surface area contributed by atoms with Gasteiger partial charge in [-0.2, -0.15) is 0 Å². The Morgan fingerprint density at radius 3 is 1.44 bits per heavy atom. The van der Waals surface area contributed by atoms with E-state index in [4.69, 9.17) is 37.3 Å². The molecule has 0 aliphatic rings. The van der Waals surface area contributed by atoms with Gasteiger partial charge in [-0.15, -0.1) is 0 Å². The zero-order chi connectivity index (χ0) is 20.2. The zero-order valence-corrected chi connectivity index (χ0v) is 17.9. The molecule has 1 atom stereocenters. The summed E-state index contributed by atoms with van der Waals surface area (Å²) in [6.45, 7) is 5.30. The third-order valence-corrected chi connectivity index (χ3v) is 4.48. The molecule has 10 nitrogen and oxygen atoms in total. The Bertz CT molecular complexity index is 361. The molecule has 11 heteroatoms. The number of phosphoric ester groups is 1. The topological polar surface area (TPSA) is 94.2 Å². The summed E-state index contributed by atoms with van der Waals surface area (Å²) in [4.78, 5) is 1.91. The van der Waals surface area contributed by atoms with E-state index in [9.17, 15) is 4.57 Å². The molecule has 0 N–H and O–H groups in total. The van der Waals surface area contributed by atoms with Crippen LogP contribution in [0, 0.1) is 0 Å². The molecule has 0 aromatic heterocycles. The molecule has 0 aliphatic carbocycles. The second-order valence-corrected chi connectivity index (χ2v) is 7.32. The minimum absolute atomic E-state index is 0.110. The second kappa shape index (κ2) is 19.2. The molecule has 0 heterocycles. The lowest BCUT2D eigenvalue weighted by molar-refractivity contribution is -0.0110. The zero-order valence-electron chi connectivity index (χ0n) is 17.1. The van der Waals surface area contributed by atoms with E-state index in [1.807, 2.05) is 19.0 Å². The normalized spacial score (nSPS) is 14.0. The number of hydrogen-bond donors (Lipinski definition) is 0. The van der Waals surface area contributed by atoms with E-state index in [1.54, 1.807) is 7.11 Å². The monoisotopic (exact) mass is 417 g/mol. The van der Waals surface area contributed by atoms with Gasteiger partial charge in [0.15, 0.2) is 0 Å². The van der Waals surface area contributed by atoms with Crippen LogP contribution in [-0.4, -0.2) is 112 Å². The Balaban J connectivity index is 3.37. The Hall–Kier alpha value is -0.130. The molecule has 0 aromatic carbocycles. The first-order valence-electron chi connectivity index (χ1n) is 8.93. The Morgan fingerprint density at radius 1 is 0.630 bits per heavy atom. The molecule has 0 bridgehead atoms. The van der Waals surface area contributed by atoms with Crippen LogP contribution in [0.2, 0.25) is 0 Å². The van der Waals surface area contributed by atoms with E-state index >= 15 is 0 Å². The van der Waals surface area contributed by atoms with Gasteiger partial charge in [0.25, 0.3) is 0 Å². The summed E-state index contributed by atoms with van der Waals surface area (Å²) in [6.07, 6.45) is 0. The Kier molecular flexibility index (Phi) is 19.1. The smallest absolute Gasteiger partial charge is 0.382 e. The maximum atomic E-state index is 12.1. The van der Waals surface area contributed by atoms with Gasteiger partial charge in [-0.1, -0.05) is 0 Å². The van der Waals surface area contributed by atoms with Crippen LogP contribution >= 0.6 is 7.82 Å². The van der Waals surface area contributed by atoms with Crippen molar-refractivity contribution in [2.45, 2.75) is 0 Å². The summed E-state index contributed by atoms with van der Waals surface area (Å²) in [7, 11) is 3.19. The molecule has 0 amide bonds. The van der Waals surface area contributed by atoms with Gasteiger partial charge in [0.2, 0.25) is 0 Å². The standard InChI is InChI=1S/C16H36NO9P/c1-17(2)5-6-25-27(18,20-4)26-16-15-24-14-13-23-12-11-22-10-9-21-8-7-19-3/h5-16H2,1-4H3. The highest BCUT2D eigenvalue weighted by Gasteiger charge is 2.24. The van der Waals surface area contributed by atoms with Gasteiger partial charge in [0.1, 0.15) is 0 Å². The van der Waals surface area contributed by atoms with Crippen LogP contribution in [-0.2, 0) is 41.8 Å². The predicted octanol–water partition coefficient (Wildman–Crippen LogP) is 1.05. The highest BCUT2D eigenvalue weighted by molar-refractivity contribution is 7.48. The third-order valence-electron chi connectivity index (χ3n) is 3.04. The van der Waals surface area contributed by atoms with E-state index in [-0.39, 0.29) is 19.8 Å². The van der Waals surface area contributed by atoms with Crippen LogP contribution in [0.5, 0.6) is 0 Å². The molecule has 0 aliphatic heterocycles. The Morgan fingerprint density at radius 2 is 1.04 bits per heavy atom. The number of ether oxygens (including phenoxy) is 5. The van der Waals surface area contributed by atoms with Crippen LogP contribution in [0.4, 0.5) is 0 Å². The summed E-state index contributed by atoms with van der Waals surface area (Å²) in [6, 6.07) is 0. The maximum absolute atomic E-state index is 12.1. The number of likely N-dealkylation sites (N-methyl/N-ethyl adjacent to an activating group) is 1. The van der Waals surface area contributed by atoms with Crippen LogP contribution < -0.4 is 0 Å². The molecular formula is C16H36NO9P. The molecule has 0 saturated carbocycles. The van der Waals surface area contributed by atoms with Gasteiger partial charge in [0.05, 0.1) is 72.7 Å². The largest absolute Gasteiger partial charge is 0.474 e. The van der Waals surface area contributed by atoms with Gasteiger partial charge in [0, 0.05) is 20.8 Å². The van der Waals surface area contributed by atoms with Crippen LogP contribution in [0.25, 0.3) is 0 Å². The lowest BCUT2D eigenvalue weighted by Gasteiger charge is -2.17. The molecule has 0 aromatic rings. The predicted molar refractivity (Wildman–Crippen MR) is 100 cm³/mol. The van der Waals surface area contributed by atoms with Gasteiger partial charge in [-0.3, -0.25) is 13.6 Å². The van der Waals surface area contributed by atoms with Crippen molar-refractivity contribution in [2.24, 2.45) is 0 Å². The van der Waals surface area contributed by atoms with Crippen LogP contribution in [0.1, 0.15) is 0 Å². The number of nitrogens with zero attached hydrogens (tertiary/aromatic N) is 1. The molecule has 0 fully saturated rings. The van der Waals surface area contributed by atoms with E-state index < -0.39 is 7.82 Å². The number of rotatable bonds is 21. The fourth-order valence-electron chi connectivity index (χ4n) is 1.59. The summed E-state index contributed by atoms with van der Waals surface area (Å²) in [5.41, 5.74) is 0. The van der Waals surface area contributed by atoms with Gasteiger partial charge in [-0.25, -0.2) is 4.57 Å². The minimum Gasteiger partial charge on any atom is -0.382 e. The molecule has 0 rings (SSSR count). The van der Waals surface area contributed by atoms with E-state index in [1.165, 1.54) is 7.11 Å². The van der Waals surface area contributed by atoms with Crippen molar-refractivity contribution in [1.29, 1.82) is 0 Å². The number of methoxy groups -OCH3 is 1. The van der Waals surface area contributed by atoms with E-state index in [2.05, 4.69) is 0 Å². The molecular weight excluding hydrogens is 381 g/mol. The summed E-state index contributed by atoms with van der Waals surface area (Å²) in [5.74, 6) is 0. The number of hydrogen-bond acceptors (Lipinski definition) is 10. The molecule has 0 saturated heterocycles. The van der Waals surface area contributed by atoms with Crippen molar-refractivity contribution in [3.8, 4) is 0 Å². The molecule has 164 valence electrons. The van der Waals surface area contributed by atoms with Crippen molar-refractivity contribution in [2.75, 3.05) is 108 Å². The lowest BCUT2D eigenvalue weighted by Crippen LogP contribution is -2.18. The van der Waals surface area contributed by atoms with Crippen molar-refractivity contribution in [3.05, 3.63) is 0 Å². The lowest BCUT2D eigenvalue weighted by atomic mass is 10.6. The maximum Gasteiger partial charge on any atom is 0.474 e. The van der Waals surface area contributed by atoms with Gasteiger partial charge < -0.3 is 28.6 Å².